The van der Waals surface area contributed by atoms with E-state index in [1.807, 2.05) is 0 Å². The van der Waals surface area contributed by atoms with Gasteiger partial charge in [-0.2, -0.15) is 0 Å². The Morgan fingerprint density at radius 2 is 1.00 bits per heavy atom. The van der Waals surface area contributed by atoms with Gasteiger partial charge in [-0.25, -0.2) is 0 Å². The van der Waals surface area contributed by atoms with Crippen LogP contribution in [-0.2, 0) is 0 Å². The summed E-state index contributed by atoms with van der Waals surface area (Å²) in [5.41, 5.74) is 0. The molecule has 0 nitrogen and oxygen atoms in total. The molecular formula is C18H35Al+. The normalized spacial score (nSPS) is 11.4. The molecule has 0 fully saturated rings. The summed E-state index contributed by atoms with van der Waals surface area (Å²) in [6, 6.07) is 0. The average molecular weight is 278 g/mol. The van der Waals surface area contributed by atoms with Crippen molar-refractivity contribution in [1.82, 2.24) is 0 Å². The molecule has 1 radical (unpaired) electrons. The van der Waals surface area contributed by atoms with E-state index in [0.717, 1.165) is 0 Å². The van der Waals surface area contributed by atoms with Crippen LogP contribution in [0, 0.1) is 0 Å². The summed E-state index contributed by atoms with van der Waals surface area (Å²) in [4.78, 5) is 0. The number of hydrogen-bond donors (Lipinski definition) is 0. The van der Waals surface area contributed by atoms with Gasteiger partial charge in [0.1, 0.15) is 0 Å². The summed E-state index contributed by atoms with van der Waals surface area (Å²) >= 11 is 2.82. The molecule has 0 N–H and O–H groups in total. The van der Waals surface area contributed by atoms with Gasteiger partial charge in [0, 0.05) is 0 Å². The molecule has 0 aromatic rings. The molecule has 1 heteroatoms. The van der Waals surface area contributed by atoms with Crippen LogP contribution in [0.5, 0.6) is 0 Å². The molecule has 0 atom stereocenters. The van der Waals surface area contributed by atoms with Crippen LogP contribution < -0.4 is 0 Å². The van der Waals surface area contributed by atoms with Crippen molar-refractivity contribution in [2.75, 3.05) is 0 Å². The van der Waals surface area contributed by atoms with E-state index in [0.29, 0.717) is 0 Å². The Hall–Kier alpha value is 0.272. The van der Waals surface area contributed by atoms with Crippen molar-refractivity contribution in [2.45, 2.75) is 102 Å². The third-order valence-corrected chi connectivity index (χ3v) is 4.12. The Labute approximate surface area is 130 Å². The topological polar surface area (TPSA) is 0 Å². The van der Waals surface area contributed by atoms with Gasteiger partial charge < -0.3 is 0 Å². The van der Waals surface area contributed by atoms with Crippen molar-refractivity contribution in [3.63, 3.8) is 0 Å². The molecule has 0 aliphatic carbocycles. The van der Waals surface area contributed by atoms with Gasteiger partial charge in [-0.15, -0.1) is 0 Å². The van der Waals surface area contributed by atoms with Crippen molar-refractivity contribution >= 4 is 16.3 Å². The molecule has 0 aliphatic rings. The molecule has 19 heavy (non-hydrogen) atoms. The second-order valence-electron chi connectivity index (χ2n) is 5.73. The molecule has 0 unspecified atom stereocenters. The Balaban J connectivity index is 3.01. The van der Waals surface area contributed by atoms with E-state index in [4.69, 9.17) is 0 Å². The molecule has 109 valence electrons. The molecule has 0 aromatic carbocycles. The van der Waals surface area contributed by atoms with Gasteiger partial charge in [0.2, 0.25) is 0 Å². The molecule has 0 rings (SSSR count). The fourth-order valence-electron chi connectivity index (χ4n) is 2.39. The van der Waals surface area contributed by atoms with Gasteiger partial charge in [-0.1, -0.05) is 39.0 Å². The first-order valence-corrected chi connectivity index (χ1v) is 9.58. The third-order valence-electron chi connectivity index (χ3n) is 3.72. The third kappa shape index (κ3) is 18.3. The first-order chi connectivity index (χ1) is 9.41. The monoisotopic (exact) mass is 278 g/mol. The Morgan fingerprint density at radius 3 is 1.47 bits per heavy atom. The van der Waals surface area contributed by atoms with Crippen LogP contribution in [0.4, 0.5) is 0 Å². The van der Waals surface area contributed by atoms with Crippen LogP contribution in [0.3, 0.4) is 0 Å². The molecule has 0 aromatic heterocycles. The minimum absolute atomic E-state index is 1.28. The van der Waals surface area contributed by atoms with Crippen molar-refractivity contribution in [3.8, 4) is 0 Å². The van der Waals surface area contributed by atoms with Gasteiger partial charge in [0.15, 0.2) is 0 Å². The zero-order valence-electron chi connectivity index (χ0n) is 13.3. The van der Waals surface area contributed by atoms with Gasteiger partial charge >= 0.3 is 91.5 Å². The van der Waals surface area contributed by atoms with E-state index < -0.39 is 0 Å². The van der Waals surface area contributed by atoms with E-state index in [1.165, 1.54) is 95.2 Å². The second kappa shape index (κ2) is 18.3. The van der Waals surface area contributed by atoms with E-state index in [9.17, 15) is 0 Å². The first-order valence-electron chi connectivity index (χ1n) is 8.77. The fraction of sp³-hybridized carbons (Fsp3) is 0.889. The van der Waals surface area contributed by atoms with Gasteiger partial charge in [-0.3, -0.25) is 0 Å². The number of unbranched alkanes of at least 4 members (excludes halogenated alkanes) is 12. The van der Waals surface area contributed by atoms with Crippen molar-refractivity contribution in [1.29, 1.82) is 0 Å². The number of rotatable bonds is 15. The molecule has 0 aliphatic heterocycles. The van der Waals surface area contributed by atoms with Crippen molar-refractivity contribution in [3.05, 3.63) is 12.2 Å². The zero-order valence-corrected chi connectivity index (χ0v) is 14.5. The van der Waals surface area contributed by atoms with Crippen LogP contribution in [0.25, 0.3) is 0 Å². The summed E-state index contributed by atoms with van der Waals surface area (Å²) < 4.78 is 0. The summed E-state index contributed by atoms with van der Waals surface area (Å²) in [7, 11) is 0. The standard InChI is InChI=1S/C18H35.Al/c1-3-5-7-9-11-13-15-17-18-16-14-12-10-8-6-4-2;/h17-18H,1,3-16H2,2H3;/q;+1/b18-17-;. The van der Waals surface area contributed by atoms with E-state index in [-0.39, 0.29) is 0 Å². The molecule has 0 saturated carbocycles. The maximum absolute atomic E-state index is 2.82. The van der Waals surface area contributed by atoms with Crippen LogP contribution >= 0.6 is 0 Å². The molecular weight excluding hydrogens is 243 g/mol. The summed E-state index contributed by atoms with van der Waals surface area (Å²) in [5.74, 6) is 0. The van der Waals surface area contributed by atoms with Crippen LogP contribution in [0.15, 0.2) is 12.2 Å². The van der Waals surface area contributed by atoms with Crippen molar-refractivity contribution < 1.29 is 0 Å². The average Bonchev–Trinajstić information content (AvgIpc) is 2.43. The van der Waals surface area contributed by atoms with Crippen LogP contribution in [-0.4, -0.2) is 16.3 Å². The predicted molar refractivity (Wildman–Crippen MR) is 90.0 cm³/mol. The molecule has 0 saturated heterocycles. The predicted octanol–water partition coefficient (Wildman–Crippen LogP) is 6.61. The van der Waals surface area contributed by atoms with Gasteiger partial charge in [0.05, 0.1) is 0 Å². The van der Waals surface area contributed by atoms with Crippen LogP contribution in [0.2, 0.25) is 5.28 Å². The van der Waals surface area contributed by atoms with E-state index in [2.05, 4.69) is 35.4 Å². The van der Waals surface area contributed by atoms with Gasteiger partial charge in [0.25, 0.3) is 0 Å². The fourth-order valence-corrected chi connectivity index (χ4v) is 2.68. The second-order valence-corrected chi connectivity index (χ2v) is 6.30. The molecule has 0 heterocycles. The van der Waals surface area contributed by atoms with Crippen molar-refractivity contribution in [2.24, 2.45) is 0 Å². The maximum atomic E-state index is 2.82. The van der Waals surface area contributed by atoms with Crippen LogP contribution in [0.1, 0.15) is 96.8 Å². The molecule has 0 bridgehead atoms. The summed E-state index contributed by atoms with van der Waals surface area (Å²) in [5, 5.41) is 1.28. The summed E-state index contributed by atoms with van der Waals surface area (Å²) in [6.45, 7) is 2.28. The van der Waals surface area contributed by atoms with Gasteiger partial charge in [-0.05, 0) is 0 Å². The SMILES string of the molecule is CCCCCCCC/C=C\CCCCCCC[CH2][Al+]. The Bertz CT molecular complexity index is 175. The van der Waals surface area contributed by atoms with E-state index >= 15 is 0 Å². The Morgan fingerprint density at radius 1 is 0.579 bits per heavy atom. The molecule has 0 spiro atoms. The molecule has 0 amide bonds. The number of allylic oxidation sites excluding steroid dienone is 2. The quantitative estimate of drug-likeness (QED) is 0.179. The van der Waals surface area contributed by atoms with E-state index in [1.54, 1.807) is 0 Å². The Kier molecular flexibility index (Phi) is 18.5. The zero-order chi connectivity index (χ0) is 14.0. The first kappa shape index (κ1) is 19.3. The summed E-state index contributed by atoms with van der Waals surface area (Å²) in [6.07, 6.45) is 24.5. The minimum atomic E-state index is 1.28. The number of hydrogen-bond acceptors (Lipinski definition) is 0.